The highest BCUT2D eigenvalue weighted by Crippen LogP contribution is 2.65. The topological polar surface area (TPSA) is 82.2 Å². The van der Waals surface area contributed by atoms with Crippen LogP contribution in [-0.4, -0.2) is 63.1 Å². The smallest absolute Gasteiger partial charge is 0.122 e. The summed E-state index contributed by atoms with van der Waals surface area (Å²) in [5.74, 6) is 3.42. The van der Waals surface area contributed by atoms with Gasteiger partial charge in [-0.25, -0.2) is 0 Å². The van der Waals surface area contributed by atoms with Crippen LogP contribution >= 0.6 is 0 Å². The zero-order valence-corrected chi connectivity index (χ0v) is 35.6. The molecule has 2 fully saturated rings. The monoisotopic (exact) mass is 784 g/mol. The van der Waals surface area contributed by atoms with Gasteiger partial charge in [0.25, 0.3) is 0 Å². The van der Waals surface area contributed by atoms with Crippen LogP contribution in [0.4, 0.5) is 0 Å². The lowest BCUT2D eigenvalue weighted by Gasteiger charge is -2.30. The molecule has 2 heterocycles. The minimum Gasteiger partial charge on any atom is -0.491 e. The maximum absolute atomic E-state index is 11.1. The number of aliphatic hydroxyl groups is 1. The van der Waals surface area contributed by atoms with Crippen molar-refractivity contribution in [2.45, 2.75) is 132 Å². The Labute approximate surface area is 344 Å². The molecule has 4 unspecified atom stereocenters. The second-order valence-electron chi connectivity index (χ2n) is 21.0. The molecule has 7 heteroatoms. The highest BCUT2D eigenvalue weighted by Gasteiger charge is 2.58. The van der Waals surface area contributed by atoms with Gasteiger partial charge in [-0.05, 0) is 140 Å². The van der Waals surface area contributed by atoms with Crippen LogP contribution in [0, 0.1) is 0 Å². The minimum atomic E-state index is -0.781. The van der Waals surface area contributed by atoms with Crippen molar-refractivity contribution >= 4 is 0 Å². The number of hydrogen-bond acceptors (Lipinski definition) is 7. The van der Waals surface area contributed by atoms with Gasteiger partial charge in [-0.15, -0.1) is 0 Å². The first kappa shape index (κ1) is 38.2. The Bertz CT molecular complexity index is 2120. The Hall–Kier alpha value is -4.04. The summed E-state index contributed by atoms with van der Waals surface area (Å²) < 4.78 is 35.6. The average molecular weight is 785 g/mol. The third-order valence-electron chi connectivity index (χ3n) is 14.5. The Morgan fingerprint density at radius 1 is 0.466 bits per heavy atom. The maximum Gasteiger partial charge on any atom is 0.122 e. The predicted molar refractivity (Wildman–Crippen MR) is 225 cm³/mol. The molecule has 2 spiro atoms. The van der Waals surface area contributed by atoms with E-state index in [1.54, 1.807) is 0 Å². The Balaban J connectivity index is 0.820. The van der Waals surface area contributed by atoms with Crippen molar-refractivity contribution in [3.8, 4) is 23.0 Å². The highest BCUT2D eigenvalue weighted by molar-refractivity contribution is 5.63. The number of epoxide rings is 2. The molecular weight excluding hydrogens is 725 g/mol. The Morgan fingerprint density at radius 3 is 1.02 bits per heavy atom. The molecule has 0 amide bonds. The van der Waals surface area contributed by atoms with Crippen molar-refractivity contribution in [3.05, 3.63) is 117 Å². The summed E-state index contributed by atoms with van der Waals surface area (Å²) in [4.78, 5) is 0. The highest BCUT2D eigenvalue weighted by atomic mass is 16.6. The number of fused-ring (bicyclic) bond motifs is 8. The number of aliphatic hydroxyl groups excluding tert-OH is 1. The lowest BCUT2D eigenvalue weighted by atomic mass is 9.72. The molecule has 7 nitrogen and oxygen atoms in total. The predicted octanol–water partition coefficient (Wildman–Crippen LogP) is 9.36. The molecule has 4 aromatic rings. The van der Waals surface area contributed by atoms with E-state index >= 15 is 0 Å². The molecule has 0 aromatic heterocycles. The van der Waals surface area contributed by atoms with E-state index in [0.29, 0.717) is 13.2 Å². The van der Waals surface area contributed by atoms with Gasteiger partial charge in [0.1, 0.15) is 67.7 Å². The SMILES string of the molecule is CC1(C)CC2(CC(C)(C)c3cc(OCC4CO4)ccc32)c2ccc(OCC(O)COc3ccc4c(c3)C(C)(C)CC43CC(C)(C)c4cc(OCC5CO5)ccc43)cc21. The first-order valence-electron chi connectivity index (χ1n) is 21.5. The molecule has 2 aliphatic heterocycles. The lowest BCUT2D eigenvalue weighted by Crippen LogP contribution is -2.26. The molecule has 306 valence electrons. The second kappa shape index (κ2) is 13.0. The normalized spacial score (nSPS) is 28.4. The zero-order valence-electron chi connectivity index (χ0n) is 35.6. The van der Waals surface area contributed by atoms with Crippen LogP contribution < -0.4 is 18.9 Å². The van der Waals surface area contributed by atoms with Gasteiger partial charge in [0.15, 0.2) is 0 Å². The fourth-order valence-electron chi connectivity index (χ4n) is 12.1. The van der Waals surface area contributed by atoms with Crippen molar-refractivity contribution in [3.63, 3.8) is 0 Å². The van der Waals surface area contributed by atoms with Crippen molar-refractivity contribution in [1.29, 1.82) is 0 Å². The minimum absolute atomic E-state index is 0.0159. The Morgan fingerprint density at radius 2 is 0.741 bits per heavy atom. The van der Waals surface area contributed by atoms with E-state index in [0.717, 1.165) is 61.9 Å². The van der Waals surface area contributed by atoms with Gasteiger partial charge in [0.2, 0.25) is 0 Å². The third kappa shape index (κ3) is 6.33. The van der Waals surface area contributed by atoms with Crippen molar-refractivity contribution in [2.24, 2.45) is 0 Å². The molecule has 1 N–H and O–H groups in total. The summed E-state index contributed by atoms with van der Waals surface area (Å²) >= 11 is 0. The van der Waals surface area contributed by atoms with Crippen LogP contribution in [0.25, 0.3) is 0 Å². The fraction of sp³-hybridized carbons (Fsp3) is 0.529. The molecule has 10 rings (SSSR count). The van der Waals surface area contributed by atoms with Gasteiger partial charge in [0.05, 0.1) is 13.2 Å². The van der Waals surface area contributed by atoms with Crippen LogP contribution in [0.5, 0.6) is 23.0 Å². The molecule has 0 saturated carbocycles. The summed E-state index contributed by atoms with van der Waals surface area (Å²) in [5, 5.41) is 11.1. The summed E-state index contributed by atoms with van der Waals surface area (Å²) in [6, 6.07) is 26.6. The molecule has 4 aliphatic carbocycles. The summed E-state index contributed by atoms with van der Waals surface area (Å²) in [6.07, 6.45) is 3.87. The quantitative estimate of drug-likeness (QED) is 0.144. The standard InChI is InChI=1S/C51H60O7/c1-46(2)27-50(29-48(5,6)44-19-34(11-15-40(44)50)55-23-36-25-57-36)38-13-9-32(17-42(38)46)53-21-31(52)22-54-33-10-14-39-43(18-33)47(3,4)28-51(39)30-49(7,8)45-20-35(12-16-41(45)51)56-24-37-26-58-37/h9-20,31,36-37,52H,21-30H2,1-8H3. The molecule has 2 saturated heterocycles. The third-order valence-corrected chi connectivity index (χ3v) is 14.5. The summed E-state index contributed by atoms with van der Waals surface area (Å²) in [5.41, 5.74) is 10.9. The van der Waals surface area contributed by atoms with Gasteiger partial charge < -0.3 is 33.5 Å². The molecule has 58 heavy (non-hydrogen) atoms. The zero-order chi connectivity index (χ0) is 40.5. The number of benzene rings is 4. The lowest BCUT2D eigenvalue weighted by molar-refractivity contribution is 0.0625. The molecule has 6 aliphatic rings. The molecule has 4 atom stereocenters. The van der Waals surface area contributed by atoms with E-state index in [4.69, 9.17) is 28.4 Å². The van der Waals surface area contributed by atoms with Crippen molar-refractivity contribution in [1.82, 2.24) is 0 Å². The second-order valence-corrected chi connectivity index (χ2v) is 21.0. The van der Waals surface area contributed by atoms with Crippen LogP contribution in [-0.2, 0) is 42.0 Å². The number of rotatable bonds is 12. The summed E-state index contributed by atoms with van der Waals surface area (Å²) in [6.45, 7) is 22.0. The largest absolute Gasteiger partial charge is 0.491 e. The van der Waals surface area contributed by atoms with Crippen molar-refractivity contribution < 1.29 is 33.5 Å². The van der Waals surface area contributed by atoms with Crippen LogP contribution in [0.1, 0.15) is 126 Å². The van der Waals surface area contributed by atoms with E-state index in [1.807, 2.05) is 0 Å². The maximum atomic E-state index is 11.1. The van der Waals surface area contributed by atoms with Gasteiger partial charge >= 0.3 is 0 Å². The number of hydrogen-bond donors (Lipinski definition) is 1. The fourth-order valence-corrected chi connectivity index (χ4v) is 12.1. The molecule has 0 radical (unpaired) electrons. The first-order valence-corrected chi connectivity index (χ1v) is 21.5. The van der Waals surface area contributed by atoms with E-state index in [9.17, 15) is 5.11 Å². The van der Waals surface area contributed by atoms with E-state index in [-0.39, 0.29) is 57.9 Å². The Kier molecular flexibility index (Phi) is 8.54. The average Bonchev–Trinajstić information content (AvgIpc) is 4.11. The van der Waals surface area contributed by atoms with E-state index in [2.05, 4.69) is 128 Å². The van der Waals surface area contributed by atoms with Gasteiger partial charge in [-0.3, -0.25) is 0 Å². The van der Waals surface area contributed by atoms with Crippen molar-refractivity contribution in [2.75, 3.05) is 39.6 Å². The molecule has 0 bridgehead atoms. The van der Waals surface area contributed by atoms with Crippen LogP contribution in [0.3, 0.4) is 0 Å². The molecule has 4 aromatic carbocycles. The van der Waals surface area contributed by atoms with E-state index in [1.165, 1.54) is 44.5 Å². The van der Waals surface area contributed by atoms with Gasteiger partial charge in [0, 0.05) is 10.8 Å². The van der Waals surface area contributed by atoms with Crippen LogP contribution in [0.15, 0.2) is 72.8 Å². The summed E-state index contributed by atoms with van der Waals surface area (Å²) in [7, 11) is 0. The first-order chi connectivity index (χ1) is 27.5. The van der Waals surface area contributed by atoms with Crippen LogP contribution in [0.2, 0.25) is 0 Å². The molecular formula is C51H60O7. The van der Waals surface area contributed by atoms with Gasteiger partial charge in [-0.1, -0.05) is 79.7 Å². The van der Waals surface area contributed by atoms with Gasteiger partial charge in [-0.2, -0.15) is 0 Å². The van der Waals surface area contributed by atoms with E-state index < -0.39 is 6.10 Å². The number of ether oxygens (including phenoxy) is 6.